The molecule has 19 heavy (non-hydrogen) atoms. The Balaban J connectivity index is 2.13. The molecule has 104 valence electrons. The molecule has 3 N–H and O–H groups in total. The van der Waals surface area contributed by atoms with E-state index in [-0.39, 0.29) is 0 Å². The van der Waals surface area contributed by atoms with Gasteiger partial charge in [0.1, 0.15) is 6.10 Å². The topological polar surface area (TPSA) is 77.8 Å². The van der Waals surface area contributed by atoms with Crippen molar-refractivity contribution < 1.29 is 20.1 Å². The van der Waals surface area contributed by atoms with Gasteiger partial charge in [-0.25, -0.2) is 0 Å². The summed E-state index contributed by atoms with van der Waals surface area (Å²) in [5, 5.41) is 28.8. The number of thiol groups is 1. The standard InChI is InChI=1S/C14H18O4S/c15-11(5-8-19)12(16)9-1-3-10(4-2-9)14(6-7-14)13(17)18/h1-4,11-12,15-16,19H,5-8H2,(H,17,18). The lowest BCUT2D eigenvalue weighted by atomic mass is 9.93. The van der Waals surface area contributed by atoms with Gasteiger partial charge in [0.15, 0.2) is 0 Å². The zero-order valence-electron chi connectivity index (χ0n) is 10.5. The molecule has 0 radical (unpaired) electrons. The largest absolute Gasteiger partial charge is 0.481 e. The number of aliphatic hydroxyl groups excluding tert-OH is 2. The third kappa shape index (κ3) is 2.78. The van der Waals surface area contributed by atoms with Crippen molar-refractivity contribution in [2.24, 2.45) is 0 Å². The molecule has 0 aromatic heterocycles. The number of aliphatic hydroxyl groups is 2. The number of carboxylic acids is 1. The van der Waals surface area contributed by atoms with Gasteiger partial charge in [0.05, 0.1) is 11.5 Å². The first-order valence-corrected chi connectivity index (χ1v) is 6.95. The molecule has 1 fully saturated rings. The van der Waals surface area contributed by atoms with Crippen molar-refractivity contribution in [2.75, 3.05) is 5.75 Å². The summed E-state index contributed by atoms with van der Waals surface area (Å²) in [6.45, 7) is 0. The van der Waals surface area contributed by atoms with Crippen LogP contribution in [-0.2, 0) is 10.2 Å². The molecule has 5 heteroatoms. The summed E-state index contributed by atoms with van der Waals surface area (Å²) in [5.74, 6) is -0.297. The Morgan fingerprint density at radius 1 is 1.26 bits per heavy atom. The fraction of sp³-hybridized carbons (Fsp3) is 0.500. The van der Waals surface area contributed by atoms with Crippen LogP contribution in [0.4, 0.5) is 0 Å². The fourth-order valence-electron chi connectivity index (χ4n) is 2.26. The molecule has 4 nitrogen and oxygen atoms in total. The zero-order chi connectivity index (χ0) is 14.0. The van der Waals surface area contributed by atoms with Gasteiger partial charge in [0.2, 0.25) is 0 Å². The molecule has 2 rings (SSSR count). The fourth-order valence-corrected chi connectivity index (χ4v) is 2.53. The average Bonchev–Trinajstić information content (AvgIpc) is 3.20. The lowest BCUT2D eigenvalue weighted by molar-refractivity contribution is -0.140. The van der Waals surface area contributed by atoms with Crippen LogP contribution in [0, 0.1) is 0 Å². The molecule has 1 aliphatic rings. The van der Waals surface area contributed by atoms with Crippen molar-refractivity contribution in [1.29, 1.82) is 0 Å². The summed E-state index contributed by atoms with van der Waals surface area (Å²) in [4.78, 5) is 11.2. The molecular weight excluding hydrogens is 264 g/mol. The van der Waals surface area contributed by atoms with Gasteiger partial charge in [0.25, 0.3) is 0 Å². The quantitative estimate of drug-likeness (QED) is 0.597. The molecule has 2 atom stereocenters. The molecular formula is C14H18O4S. The first-order valence-electron chi connectivity index (χ1n) is 6.32. The third-order valence-electron chi connectivity index (χ3n) is 3.75. The van der Waals surface area contributed by atoms with Gasteiger partial charge in [-0.15, -0.1) is 0 Å². The number of rotatable bonds is 6. The van der Waals surface area contributed by atoms with Gasteiger partial charge in [-0.3, -0.25) is 4.79 Å². The van der Waals surface area contributed by atoms with Gasteiger partial charge in [0, 0.05) is 0 Å². The first kappa shape index (κ1) is 14.4. The Morgan fingerprint density at radius 3 is 2.26 bits per heavy atom. The van der Waals surface area contributed by atoms with E-state index in [1.807, 2.05) is 0 Å². The van der Waals surface area contributed by atoms with Crippen LogP contribution in [0.1, 0.15) is 36.5 Å². The van der Waals surface area contributed by atoms with Crippen molar-refractivity contribution in [1.82, 2.24) is 0 Å². The van der Waals surface area contributed by atoms with Gasteiger partial charge in [-0.05, 0) is 36.1 Å². The van der Waals surface area contributed by atoms with Crippen LogP contribution in [0.2, 0.25) is 0 Å². The highest BCUT2D eigenvalue weighted by Crippen LogP contribution is 2.48. The summed E-state index contributed by atoms with van der Waals surface area (Å²) in [5.41, 5.74) is 0.631. The minimum absolute atomic E-state index is 0.408. The van der Waals surface area contributed by atoms with Crippen LogP contribution in [0.25, 0.3) is 0 Å². The molecule has 0 saturated heterocycles. The Hall–Kier alpha value is -1.04. The smallest absolute Gasteiger partial charge is 0.314 e. The molecule has 0 heterocycles. The van der Waals surface area contributed by atoms with E-state index in [1.54, 1.807) is 24.3 Å². The second kappa shape index (κ2) is 5.53. The monoisotopic (exact) mass is 282 g/mol. The number of hydrogen-bond donors (Lipinski definition) is 4. The highest BCUT2D eigenvalue weighted by molar-refractivity contribution is 7.80. The Kier molecular flexibility index (Phi) is 4.18. The van der Waals surface area contributed by atoms with Crippen molar-refractivity contribution in [3.05, 3.63) is 35.4 Å². The molecule has 0 aliphatic heterocycles. The van der Waals surface area contributed by atoms with E-state index >= 15 is 0 Å². The highest BCUT2D eigenvalue weighted by Gasteiger charge is 2.51. The minimum atomic E-state index is -0.957. The van der Waals surface area contributed by atoms with E-state index in [1.165, 1.54) is 0 Å². The maximum absolute atomic E-state index is 11.2. The molecule has 1 saturated carbocycles. The zero-order valence-corrected chi connectivity index (χ0v) is 11.4. The van der Waals surface area contributed by atoms with Gasteiger partial charge >= 0.3 is 5.97 Å². The predicted octanol–water partition coefficient (Wildman–Crippen LogP) is 1.52. The normalized spacial score (nSPS) is 19.7. The van der Waals surface area contributed by atoms with E-state index in [4.69, 9.17) is 0 Å². The second-order valence-electron chi connectivity index (χ2n) is 5.03. The van der Waals surface area contributed by atoms with Crippen molar-refractivity contribution in [3.63, 3.8) is 0 Å². The molecule has 0 spiro atoms. The summed E-state index contributed by atoms with van der Waals surface area (Å²) in [6, 6.07) is 6.83. The van der Waals surface area contributed by atoms with Gasteiger partial charge in [-0.2, -0.15) is 12.6 Å². The van der Waals surface area contributed by atoms with Crippen molar-refractivity contribution >= 4 is 18.6 Å². The number of carbonyl (C=O) groups is 1. The van der Waals surface area contributed by atoms with Crippen LogP contribution in [0.15, 0.2) is 24.3 Å². The van der Waals surface area contributed by atoms with E-state index in [9.17, 15) is 20.1 Å². The van der Waals surface area contributed by atoms with Crippen LogP contribution >= 0.6 is 12.6 Å². The third-order valence-corrected chi connectivity index (χ3v) is 4.01. The Bertz CT molecular complexity index is 453. The Morgan fingerprint density at radius 2 is 1.84 bits per heavy atom. The van der Waals surface area contributed by atoms with E-state index in [0.717, 1.165) is 5.56 Å². The summed E-state index contributed by atoms with van der Waals surface area (Å²) < 4.78 is 0. The summed E-state index contributed by atoms with van der Waals surface area (Å²) >= 11 is 4.02. The molecule has 0 amide bonds. The van der Waals surface area contributed by atoms with Crippen molar-refractivity contribution in [2.45, 2.75) is 36.9 Å². The van der Waals surface area contributed by atoms with Crippen LogP contribution in [-0.4, -0.2) is 33.1 Å². The predicted molar refractivity (Wildman–Crippen MR) is 74.4 cm³/mol. The van der Waals surface area contributed by atoms with E-state index < -0.39 is 23.6 Å². The lowest BCUT2D eigenvalue weighted by Crippen LogP contribution is -2.21. The summed E-state index contributed by atoms with van der Waals surface area (Å²) in [7, 11) is 0. The maximum Gasteiger partial charge on any atom is 0.314 e. The number of aliphatic carboxylic acids is 1. The van der Waals surface area contributed by atoms with Crippen molar-refractivity contribution in [3.8, 4) is 0 Å². The number of carboxylic acid groups (broad SMARTS) is 1. The average molecular weight is 282 g/mol. The molecule has 2 unspecified atom stereocenters. The minimum Gasteiger partial charge on any atom is -0.481 e. The van der Waals surface area contributed by atoms with Crippen LogP contribution in [0.5, 0.6) is 0 Å². The molecule has 1 aliphatic carbocycles. The molecule has 1 aromatic carbocycles. The van der Waals surface area contributed by atoms with Crippen LogP contribution in [0.3, 0.4) is 0 Å². The van der Waals surface area contributed by atoms with E-state index in [0.29, 0.717) is 30.6 Å². The van der Waals surface area contributed by atoms with Crippen LogP contribution < -0.4 is 0 Å². The maximum atomic E-state index is 11.2. The first-order chi connectivity index (χ1) is 9.01. The second-order valence-corrected chi connectivity index (χ2v) is 5.48. The lowest BCUT2D eigenvalue weighted by Gasteiger charge is -2.18. The highest BCUT2D eigenvalue weighted by atomic mass is 32.1. The Labute approximate surface area is 117 Å². The van der Waals surface area contributed by atoms with Gasteiger partial charge < -0.3 is 15.3 Å². The SMILES string of the molecule is O=C(O)C1(c2ccc(C(O)C(O)CCS)cc2)CC1. The van der Waals surface area contributed by atoms with Gasteiger partial charge in [-0.1, -0.05) is 24.3 Å². The molecule has 1 aromatic rings. The number of hydrogen-bond acceptors (Lipinski definition) is 4. The molecule has 0 bridgehead atoms. The number of benzene rings is 1. The summed E-state index contributed by atoms with van der Waals surface area (Å²) in [6.07, 6.45) is -0.0803. The van der Waals surface area contributed by atoms with E-state index in [2.05, 4.69) is 12.6 Å².